The molecule has 0 bridgehead atoms. The molecule has 5 nitrogen and oxygen atoms in total. The van der Waals surface area contributed by atoms with Crippen LogP contribution < -0.4 is 5.73 Å². The van der Waals surface area contributed by atoms with Gasteiger partial charge in [-0.15, -0.1) is 11.3 Å². The van der Waals surface area contributed by atoms with Gasteiger partial charge in [0.15, 0.2) is 0 Å². The summed E-state index contributed by atoms with van der Waals surface area (Å²) in [5.41, 5.74) is 7.27. The van der Waals surface area contributed by atoms with E-state index in [2.05, 4.69) is 24.0 Å². The Morgan fingerprint density at radius 1 is 1.30 bits per heavy atom. The molecule has 0 amide bonds. The van der Waals surface area contributed by atoms with Gasteiger partial charge in [0.1, 0.15) is 0 Å². The molecule has 1 atom stereocenters. The zero-order chi connectivity index (χ0) is 16.4. The average Bonchev–Trinajstić information content (AvgIpc) is 3.15. The summed E-state index contributed by atoms with van der Waals surface area (Å²) in [5, 5.41) is 10.7. The lowest BCUT2D eigenvalue weighted by molar-refractivity contribution is -0.384. The third kappa shape index (κ3) is 3.60. The van der Waals surface area contributed by atoms with E-state index in [1.54, 1.807) is 23.5 Å². The van der Waals surface area contributed by atoms with Crippen LogP contribution >= 0.6 is 11.3 Å². The molecule has 1 aromatic heterocycles. The van der Waals surface area contributed by atoms with E-state index in [-0.39, 0.29) is 16.0 Å². The Bertz CT molecular complexity index is 698. The Morgan fingerprint density at radius 3 is 2.65 bits per heavy atom. The summed E-state index contributed by atoms with van der Waals surface area (Å²) in [6.07, 6.45) is 1.16. The fraction of sp³-hybridized carbons (Fsp3) is 0.412. The minimum atomic E-state index is -0.370. The van der Waals surface area contributed by atoms with Crippen molar-refractivity contribution in [1.29, 1.82) is 0 Å². The maximum atomic E-state index is 10.7. The minimum absolute atomic E-state index is 0.128. The third-order valence-corrected chi connectivity index (χ3v) is 5.65. The van der Waals surface area contributed by atoms with Crippen molar-refractivity contribution in [3.05, 3.63) is 51.4 Å². The van der Waals surface area contributed by atoms with Crippen LogP contribution in [-0.4, -0.2) is 29.5 Å². The number of nitrogens with two attached hydrogens (primary N) is 1. The number of benzene rings is 1. The van der Waals surface area contributed by atoms with E-state index in [1.165, 1.54) is 4.88 Å². The molecule has 2 N–H and O–H groups in total. The largest absolute Gasteiger partial charge is 0.330 e. The van der Waals surface area contributed by atoms with Crippen LogP contribution in [0.5, 0.6) is 0 Å². The molecule has 1 fully saturated rings. The van der Waals surface area contributed by atoms with Crippen molar-refractivity contribution >= 4 is 17.0 Å². The van der Waals surface area contributed by atoms with E-state index < -0.39 is 0 Å². The molecular formula is C17H21N3O2S. The van der Waals surface area contributed by atoms with Gasteiger partial charge in [0, 0.05) is 35.0 Å². The Kier molecular flexibility index (Phi) is 4.48. The number of nitro benzene ring substituents is 1. The van der Waals surface area contributed by atoms with Crippen LogP contribution in [0.2, 0.25) is 0 Å². The normalized spacial score (nSPS) is 21.7. The molecule has 122 valence electrons. The van der Waals surface area contributed by atoms with Gasteiger partial charge in [-0.1, -0.05) is 6.92 Å². The molecule has 3 rings (SSSR count). The van der Waals surface area contributed by atoms with Gasteiger partial charge < -0.3 is 5.73 Å². The monoisotopic (exact) mass is 331 g/mol. The molecule has 0 spiro atoms. The molecule has 1 aliphatic rings. The van der Waals surface area contributed by atoms with Crippen LogP contribution in [0, 0.1) is 15.5 Å². The van der Waals surface area contributed by atoms with Crippen molar-refractivity contribution in [2.45, 2.75) is 19.9 Å². The molecule has 0 saturated carbocycles. The number of likely N-dealkylation sites (tertiary alicyclic amines) is 1. The number of nitrogens with zero attached hydrogens (tertiary/aromatic N) is 2. The first-order chi connectivity index (χ1) is 11.0. The lowest BCUT2D eigenvalue weighted by atomic mass is 9.90. The van der Waals surface area contributed by atoms with Crippen molar-refractivity contribution in [3.8, 4) is 10.4 Å². The molecule has 1 saturated heterocycles. The average molecular weight is 331 g/mol. The molecule has 1 aromatic carbocycles. The van der Waals surface area contributed by atoms with Gasteiger partial charge in [-0.2, -0.15) is 0 Å². The standard InChI is InChI=1S/C17H21N3O2S/c1-17(11-18)8-9-19(12-17)10-15-6-7-16(23-15)13-2-4-14(5-3-13)20(21)22/h2-7H,8-12,18H2,1H3. The highest BCUT2D eigenvalue weighted by Crippen LogP contribution is 2.33. The molecule has 2 heterocycles. The van der Waals surface area contributed by atoms with Gasteiger partial charge in [-0.25, -0.2) is 0 Å². The summed E-state index contributed by atoms with van der Waals surface area (Å²) in [6, 6.07) is 11.0. The highest BCUT2D eigenvalue weighted by Gasteiger charge is 2.32. The molecule has 0 radical (unpaired) electrons. The van der Waals surface area contributed by atoms with E-state index in [0.717, 1.165) is 43.0 Å². The fourth-order valence-electron chi connectivity index (χ4n) is 3.01. The van der Waals surface area contributed by atoms with Gasteiger partial charge in [0.25, 0.3) is 5.69 Å². The van der Waals surface area contributed by atoms with Crippen LogP contribution in [0.4, 0.5) is 5.69 Å². The predicted octanol–water partition coefficient (Wildman–Crippen LogP) is 3.49. The van der Waals surface area contributed by atoms with Crippen LogP contribution in [0.1, 0.15) is 18.2 Å². The summed E-state index contributed by atoms with van der Waals surface area (Å²) < 4.78 is 0. The highest BCUT2D eigenvalue weighted by molar-refractivity contribution is 7.15. The van der Waals surface area contributed by atoms with Crippen LogP contribution in [0.25, 0.3) is 10.4 Å². The van der Waals surface area contributed by atoms with Gasteiger partial charge in [0.2, 0.25) is 0 Å². The molecule has 6 heteroatoms. The van der Waals surface area contributed by atoms with E-state index in [1.807, 2.05) is 12.1 Å². The van der Waals surface area contributed by atoms with E-state index >= 15 is 0 Å². The van der Waals surface area contributed by atoms with Gasteiger partial charge in [-0.05, 0) is 54.8 Å². The first-order valence-electron chi connectivity index (χ1n) is 7.75. The maximum absolute atomic E-state index is 10.7. The lowest BCUT2D eigenvalue weighted by Crippen LogP contribution is -2.30. The van der Waals surface area contributed by atoms with Gasteiger partial charge in [0.05, 0.1) is 4.92 Å². The minimum Gasteiger partial charge on any atom is -0.330 e. The number of hydrogen-bond acceptors (Lipinski definition) is 5. The fourth-order valence-corrected chi connectivity index (χ4v) is 4.07. The van der Waals surface area contributed by atoms with Crippen molar-refractivity contribution < 1.29 is 4.92 Å². The Labute approximate surface area is 139 Å². The summed E-state index contributed by atoms with van der Waals surface area (Å²) in [7, 11) is 0. The molecule has 23 heavy (non-hydrogen) atoms. The zero-order valence-corrected chi connectivity index (χ0v) is 14.0. The van der Waals surface area contributed by atoms with Gasteiger partial charge >= 0.3 is 0 Å². The van der Waals surface area contributed by atoms with Gasteiger partial charge in [-0.3, -0.25) is 15.0 Å². The van der Waals surface area contributed by atoms with E-state index in [9.17, 15) is 10.1 Å². The van der Waals surface area contributed by atoms with Crippen LogP contribution in [0.3, 0.4) is 0 Å². The van der Waals surface area contributed by atoms with Crippen molar-refractivity contribution in [2.24, 2.45) is 11.1 Å². The Morgan fingerprint density at radius 2 is 2.04 bits per heavy atom. The summed E-state index contributed by atoms with van der Waals surface area (Å²) in [4.78, 5) is 15.3. The third-order valence-electron chi connectivity index (χ3n) is 4.53. The zero-order valence-electron chi connectivity index (χ0n) is 13.2. The molecule has 2 aromatic rings. The number of non-ortho nitro benzene ring substituents is 1. The van der Waals surface area contributed by atoms with Crippen molar-refractivity contribution in [3.63, 3.8) is 0 Å². The second-order valence-corrected chi connectivity index (χ2v) is 7.71. The highest BCUT2D eigenvalue weighted by atomic mass is 32.1. The molecular weight excluding hydrogens is 310 g/mol. The summed E-state index contributed by atoms with van der Waals surface area (Å²) >= 11 is 1.75. The molecule has 1 aliphatic heterocycles. The number of thiophene rings is 1. The lowest BCUT2D eigenvalue weighted by Gasteiger charge is -2.22. The van der Waals surface area contributed by atoms with Crippen molar-refractivity contribution in [2.75, 3.05) is 19.6 Å². The number of nitro groups is 1. The Balaban J connectivity index is 1.67. The van der Waals surface area contributed by atoms with E-state index in [0.29, 0.717) is 0 Å². The SMILES string of the molecule is CC1(CN)CCN(Cc2ccc(-c3ccc([N+](=O)[O-])cc3)s2)C1. The van der Waals surface area contributed by atoms with E-state index in [4.69, 9.17) is 5.73 Å². The Hall–Kier alpha value is -1.76. The summed E-state index contributed by atoms with van der Waals surface area (Å²) in [5.74, 6) is 0. The second-order valence-electron chi connectivity index (χ2n) is 6.55. The molecule has 0 aliphatic carbocycles. The number of hydrogen-bond donors (Lipinski definition) is 1. The topological polar surface area (TPSA) is 72.4 Å². The molecule has 1 unspecified atom stereocenters. The quantitative estimate of drug-likeness (QED) is 0.672. The van der Waals surface area contributed by atoms with Crippen LogP contribution in [-0.2, 0) is 6.54 Å². The first-order valence-corrected chi connectivity index (χ1v) is 8.57. The van der Waals surface area contributed by atoms with Crippen molar-refractivity contribution in [1.82, 2.24) is 4.90 Å². The number of rotatable bonds is 5. The summed E-state index contributed by atoms with van der Waals surface area (Å²) in [6.45, 7) is 6.09. The smallest absolute Gasteiger partial charge is 0.269 e. The maximum Gasteiger partial charge on any atom is 0.269 e. The first kappa shape index (κ1) is 16.1. The predicted molar refractivity (Wildman–Crippen MR) is 93.5 cm³/mol. The second kappa shape index (κ2) is 6.39. The van der Waals surface area contributed by atoms with Crippen LogP contribution in [0.15, 0.2) is 36.4 Å².